The maximum absolute atomic E-state index is 8.60. The van der Waals surface area contributed by atoms with Crippen LogP contribution in [-0.2, 0) is 13.5 Å². The average molecular weight is 287 g/mol. The molecular weight excluding hydrogens is 270 g/mol. The molecule has 0 aliphatic heterocycles. The molecule has 0 atom stereocenters. The Morgan fingerprint density at radius 3 is 2.70 bits per heavy atom. The van der Waals surface area contributed by atoms with Crippen molar-refractivity contribution in [2.45, 2.75) is 18.4 Å². The predicted molar refractivity (Wildman–Crippen MR) is 79.9 cm³/mol. The molecule has 20 heavy (non-hydrogen) atoms. The van der Waals surface area contributed by atoms with Crippen molar-refractivity contribution in [2.24, 2.45) is 7.05 Å². The van der Waals surface area contributed by atoms with Crippen LogP contribution in [0.3, 0.4) is 0 Å². The van der Waals surface area contributed by atoms with Gasteiger partial charge in [-0.05, 0) is 30.7 Å². The van der Waals surface area contributed by atoms with Crippen LogP contribution in [0.4, 0.5) is 0 Å². The van der Waals surface area contributed by atoms with E-state index in [4.69, 9.17) is 10.00 Å². The van der Waals surface area contributed by atoms with E-state index in [9.17, 15) is 0 Å². The lowest BCUT2D eigenvalue weighted by Gasteiger charge is -2.06. The summed E-state index contributed by atoms with van der Waals surface area (Å²) in [5.74, 6) is 1.72. The van der Waals surface area contributed by atoms with Gasteiger partial charge < -0.3 is 4.74 Å². The Labute approximate surface area is 123 Å². The van der Waals surface area contributed by atoms with E-state index in [2.05, 4.69) is 17.2 Å². The second kappa shape index (κ2) is 7.01. The van der Waals surface area contributed by atoms with Crippen LogP contribution in [-0.4, -0.2) is 22.1 Å². The van der Waals surface area contributed by atoms with Gasteiger partial charge in [0.2, 0.25) is 0 Å². The maximum Gasteiger partial charge on any atom is 0.119 e. The minimum atomic E-state index is 0.440. The number of hydrogen-bond donors (Lipinski definition) is 0. The van der Waals surface area contributed by atoms with Gasteiger partial charge in [0.1, 0.15) is 5.75 Å². The number of ether oxygens (including phenoxy) is 1. The van der Waals surface area contributed by atoms with Gasteiger partial charge in [-0.15, -0.1) is 11.8 Å². The summed E-state index contributed by atoms with van der Waals surface area (Å²) in [6.07, 6.45) is 0.440. The third-order valence-corrected chi connectivity index (χ3v) is 3.82. The highest BCUT2D eigenvalue weighted by molar-refractivity contribution is 7.99. The third kappa shape index (κ3) is 4.04. The van der Waals surface area contributed by atoms with Gasteiger partial charge in [-0.3, -0.25) is 4.68 Å². The summed E-state index contributed by atoms with van der Waals surface area (Å²) in [5, 5.41) is 14.1. The largest absolute Gasteiger partial charge is 0.493 e. The molecule has 2 rings (SSSR count). The summed E-state index contributed by atoms with van der Waals surface area (Å²) in [4.78, 5) is 0. The van der Waals surface area contributed by atoms with Gasteiger partial charge in [0.15, 0.2) is 0 Å². The Morgan fingerprint density at radius 2 is 2.10 bits per heavy atom. The molecule has 0 spiro atoms. The van der Waals surface area contributed by atoms with E-state index in [0.717, 1.165) is 27.8 Å². The minimum absolute atomic E-state index is 0.440. The lowest BCUT2D eigenvalue weighted by Crippen LogP contribution is -2.01. The van der Waals surface area contributed by atoms with Gasteiger partial charge in [0, 0.05) is 12.8 Å². The molecule has 0 amide bonds. The standard InChI is InChI=1S/C15H17N3OS/c1-12-11-15(18(2)17-12)20-10-9-19-14-5-3-13(4-6-14)7-8-16/h3-6,11H,7,9-10H2,1-2H3. The Kier molecular flexibility index (Phi) is 5.08. The lowest BCUT2D eigenvalue weighted by atomic mass is 10.2. The summed E-state index contributed by atoms with van der Waals surface area (Å²) < 4.78 is 7.56. The number of benzene rings is 1. The number of rotatable bonds is 6. The molecule has 0 aliphatic carbocycles. The van der Waals surface area contributed by atoms with Gasteiger partial charge in [0.05, 0.1) is 29.8 Å². The van der Waals surface area contributed by atoms with Crippen LogP contribution in [0.25, 0.3) is 0 Å². The Morgan fingerprint density at radius 1 is 1.35 bits per heavy atom. The zero-order chi connectivity index (χ0) is 14.4. The van der Waals surface area contributed by atoms with Crippen LogP contribution in [0.2, 0.25) is 0 Å². The molecule has 104 valence electrons. The molecule has 0 radical (unpaired) electrons. The summed E-state index contributed by atoms with van der Waals surface area (Å²) in [5.41, 5.74) is 2.04. The van der Waals surface area contributed by atoms with E-state index >= 15 is 0 Å². The van der Waals surface area contributed by atoms with E-state index in [-0.39, 0.29) is 0 Å². The quantitative estimate of drug-likeness (QED) is 0.605. The Balaban J connectivity index is 1.76. The second-order valence-electron chi connectivity index (χ2n) is 4.42. The maximum atomic E-state index is 8.60. The van der Waals surface area contributed by atoms with Crippen LogP contribution < -0.4 is 4.74 Å². The molecule has 0 saturated heterocycles. The van der Waals surface area contributed by atoms with Crippen molar-refractivity contribution in [2.75, 3.05) is 12.4 Å². The van der Waals surface area contributed by atoms with Crippen molar-refractivity contribution >= 4 is 11.8 Å². The lowest BCUT2D eigenvalue weighted by molar-refractivity contribution is 0.344. The first-order chi connectivity index (χ1) is 9.69. The van der Waals surface area contributed by atoms with E-state index < -0.39 is 0 Å². The van der Waals surface area contributed by atoms with E-state index in [0.29, 0.717) is 13.0 Å². The number of nitriles is 1. The first-order valence-electron chi connectivity index (χ1n) is 6.41. The molecule has 0 saturated carbocycles. The van der Waals surface area contributed by atoms with Crippen LogP contribution in [0.1, 0.15) is 11.3 Å². The van der Waals surface area contributed by atoms with Gasteiger partial charge in [-0.25, -0.2) is 0 Å². The molecule has 5 heteroatoms. The van der Waals surface area contributed by atoms with Crippen LogP contribution in [0.5, 0.6) is 5.75 Å². The summed E-state index contributed by atoms with van der Waals surface area (Å²) in [6.45, 7) is 2.63. The van der Waals surface area contributed by atoms with Crippen molar-refractivity contribution in [3.63, 3.8) is 0 Å². The molecule has 0 bridgehead atoms. The second-order valence-corrected chi connectivity index (χ2v) is 5.54. The fourth-order valence-corrected chi connectivity index (χ4v) is 2.68. The van der Waals surface area contributed by atoms with Crippen molar-refractivity contribution < 1.29 is 4.74 Å². The molecule has 1 aromatic heterocycles. The minimum Gasteiger partial charge on any atom is -0.493 e. The highest BCUT2D eigenvalue weighted by atomic mass is 32.2. The number of thioether (sulfide) groups is 1. The average Bonchev–Trinajstić information content (AvgIpc) is 2.75. The summed E-state index contributed by atoms with van der Waals surface area (Å²) >= 11 is 1.73. The summed E-state index contributed by atoms with van der Waals surface area (Å²) in [6, 6.07) is 11.9. The fraction of sp³-hybridized carbons (Fsp3) is 0.333. The number of nitrogens with zero attached hydrogens (tertiary/aromatic N) is 3. The number of aryl methyl sites for hydroxylation is 2. The van der Waals surface area contributed by atoms with Gasteiger partial charge in [-0.1, -0.05) is 12.1 Å². The molecule has 0 N–H and O–H groups in total. The van der Waals surface area contributed by atoms with E-state index in [1.807, 2.05) is 42.9 Å². The first-order valence-corrected chi connectivity index (χ1v) is 7.40. The smallest absolute Gasteiger partial charge is 0.119 e. The third-order valence-electron chi connectivity index (χ3n) is 2.77. The SMILES string of the molecule is Cc1cc(SCCOc2ccc(CC#N)cc2)n(C)n1. The van der Waals surface area contributed by atoms with Crippen LogP contribution >= 0.6 is 11.8 Å². The highest BCUT2D eigenvalue weighted by Crippen LogP contribution is 2.19. The monoisotopic (exact) mass is 287 g/mol. The molecule has 0 aliphatic rings. The van der Waals surface area contributed by atoms with Crippen molar-refractivity contribution in [1.82, 2.24) is 9.78 Å². The van der Waals surface area contributed by atoms with Crippen molar-refractivity contribution in [3.05, 3.63) is 41.6 Å². The van der Waals surface area contributed by atoms with E-state index in [1.165, 1.54) is 0 Å². The predicted octanol–water partition coefficient (Wildman–Crippen LogP) is 2.97. The Hall–Kier alpha value is -1.93. The van der Waals surface area contributed by atoms with Gasteiger partial charge in [-0.2, -0.15) is 10.4 Å². The fourth-order valence-electron chi connectivity index (χ4n) is 1.82. The molecule has 0 fully saturated rings. The number of aromatic nitrogens is 2. The Bertz CT molecular complexity index is 599. The molecule has 1 heterocycles. The normalized spacial score (nSPS) is 10.2. The summed E-state index contributed by atoms with van der Waals surface area (Å²) in [7, 11) is 1.95. The van der Waals surface area contributed by atoms with Crippen molar-refractivity contribution in [1.29, 1.82) is 5.26 Å². The topological polar surface area (TPSA) is 50.8 Å². The molecule has 1 aromatic carbocycles. The molecule has 4 nitrogen and oxygen atoms in total. The van der Waals surface area contributed by atoms with Crippen molar-refractivity contribution in [3.8, 4) is 11.8 Å². The highest BCUT2D eigenvalue weighted by Gasteiger charge is 2.02. The molecule has 2 aromatic rings. The van der Waals surface area contributed by atoms with E-state index in [1.54, 1.807) is 11.8 Å². The van der Waals surface area contributed by atoms with Crippen LogP contribution in [0.15, 0.2) is 35.4 Å². The zero-order valence-electron chi connectivity index (χ0n) is 11.7. The molecular formula is C15H17N3OS. The molecule has 0 unspecified atom stereocenters. The van der Waals surface area contributed by atoms with Gasteiger partial charge in [0.25, 0.3) is 0 Å². The van der Waals surface area contributed by atoms with Crippen LogP contribution in [0, 0.1) is 18.3 Å². The zero-order valence-corrected chi connectivity index (χ0v) is 12.5. The number of hydrogen-bond acceptors (Lipinski definition) is 4. The first kappa shape index (κ1) is 14.5. The van der Waals surface area contributed by atoms with Gasteiger partial charge >= 0.3 is 0 Å².